The molecule has 120 valence electrons. The van der Waals surface area contributed by atoms with Gasteiger partial charge in [0, 0.05) is 16.9 Å². The Morgan fingerprint density at radius 2 is 1.83 bits per heavy atom. The minimum Gasteiger partial charge on any atom is -0.345 e. The Hall–Kier alpha value is -1.79. The summed E-state index contributed by atoms with van der Waals surface area (Å²) in [7, 11) is -3.44. The van der Waals surface area contributed by atoms with E-state index in [9.17, 15) is 13.2 Å². The van der Waals surface area contributed by atoms with Crippen LogP contribution < -0.4 is 5.32 Å². The van der Waals surface area contributed by atoms with Gasteiger partial charge in [0.25, 0.3) is 5.91 Å². The number of rotatable bonds is 3. The lowest BCUT2D eigenvalue weighted by Gasteiger charge is -2.26. The maximum Gasteiger partial charge on any atom is 0.253 e. The molecule has 0 aromatic heterocycles. The Morgan fingerprint density at radius 1 is 1.13 bits per heavy atom. The van der Waals surface area contributed by atoms with Crippen molar-refractivity contribution in [3.63, 3.8) is 0 Å². The molecule has 0 spiro atoms. The van der Waals surface area contributed by atoms with E-state index in [2.05, 4.69) is 5.32 Å². The van der Waals surface area contributed by atoms with E-state index in [0.717, 1.165) is 24.0 Å². The lowest BCUT2D eigenvalue weighted by molar-refractivity contribution is 0.0931. The van der Waals surface area contributed by atoms with Crippen molar-refractivity contribution in [1.82, 2.24) is 5.32 Å². The van der Waals surface area contributed by atoms with E-state index in [1.165, 1.54) is 11.0 Å². The van der Waals surface area contributed by atoms with Crippen LogP contribution in [-0.4, -0.2) is 26.3 Å². The zero-order chi connectivity index (χ0) is 16.4. The number of fused-ring (bicyclic) bond motifs is 1. The average Bonchev–Trinajstić information content (AvgIpc) is 2.54. The van der Waals surface area contributed by atoms with Gasteiger partial charge in [0.1, 0.15) is 0 Å². The summed E-state index contributed by atoms with van der Waals surface area (Å²) in [5.74, 6) is 0.577. The second kappa shape index (κ2) is 6.37. The van der Waals surface area contributed by atoms with Crippen LogP contribution in [-0.2, 0) is 9.84 Å². The molecule has 3 rings (SSSR count). The molecular weight excluding hydrogens is 330 g/mol. The molecule has 1 unspecified atom stereocenters. The summed E-state index contributed by atoms with van der Waals surface area (Å²) in [6.07, 6.45) is 1.94. The van der Waals surface area contributed by atoms with Gasteiger partial charge in [-0.1, -0.05) is 30.3 Å². The maximum atomic E-state index is 12.6. The largest absolute Gasteiger partial charge is 0.345 e. The fraction of sp³-hybridized carbons (Fsp3) is 0.235. The standard InChI is InChI=1S/C17H17NO3S2/c1-23(20,21)16-9-5-3-7-13(16)17(19)18-14-10-11-22-15-8-4-2-6-12(14)15/h2-9,14H,10-11H2,1H3,(H,18,19). The molecule has 1 aliphatic heterocycles. The highest BCUT2D eigenvalue weighted by molar-refractivity contribution is 7.99. The number of carbonyl (C=O) groups excluding carboxylic acids is 1. The van der Waals surface area contributed by atoms with Crippen molar-refractivity contribution in [3.8, 4) is 0 Å². The van der Waals surface area contributed by atoms with Gasteiger partial charge in [-0.3, -0.25) is 4.79 Å². The van der Waals surface area contributed by atoms with Gasteiger partial charge in [-0.15, -0.1) is 11.8 Å². The summed E-state index contributed by atoms with van der Waals surface area (Å²) < 4.78 is 23.7. The monoisotopic (exact) mass is 347 g/mol. The lowest BCUT2D eigenvalue weighted by Crippen LogP contribution is -2.31. The molecule has 0 fully saturated rings. The normalized spacial score (nSPS) is 17.3. The summed E-state index contributed by atoms with van der Waals surface area (Å²) in [6, 6.07) is 14.2. The maximum absolute atomic E-state index is 12.6. The molecule has 0 radical (unpaired) electrons. The Labute approximate surface area is 140 Å². The van der Waals surface area contributed by atoms with E-state index in [1.54, 1.807) is 30.0 Å². The van der Waals surface area contributed by atoms with Gasteiger partial charge in [-0.05, 0) is 30.2 Å². The minimum atomic E-state index is -3.44. The topological polar surface area (TPSA) is 63.2 Å². The van der Waals surface area contributed by atoms with Crippen molar-refractivity contribution < 1.29 is 13.2 Å². The molecule has 0 aliphatic carbocycles. The molecule has 0 saturated heterocycles. The molecule has 6 heteroatoms. The van der Waals surface area contributed by atoms with Gasteiger partial charge in [-0.2, -0.15) is 0 Å². The first-order valence-electron chi connectivity index (χ1n) is 7.28. The zero-order valence-electron chi connectivity index (χ0n) is 12.7. The highest BCUT2D eigenvalue weighted by Crippen LogP contribution is 2.36. The quantitative estimate of drug-likeness (QED) is 0.927. The van der Waals surface area contributed by atoms with Crippen LogP contribution in [0, 0.1) is 0 Å². The van der Waals surface area contributed by atoms with E-state index in [-0.39, 0.29) is 22.4 Å². The third-order valence-corrected chi connectivity index (χ3v) is 6.07. The van der Waals surface area contributed by atoms with E-state index < -0.39 is 9.84 Å². The average molecular weight is 347 g/mol. The van der Waals surface area contributed by atoms with Gasteiger partial charge < -0.3 is 5.32 Å². The van der Waals surface area contributed by atoms with Gasteiger partial charge >= 0.3 is 0 Å². The van der Waals surface area contributed by atoms with Crippen LogP contribution in [0.1, 0.15) is 28.4 Å². The van der Waals surface area contributed by atoms with Crippen LogP contribution in [0.4, 0.5) is 0 Å². The van der Waals surface area contributed by atoms with E-state index >= 15 is 0 Å². The lowest BCUT2D eigenvalue weighted by atomic mass is 10.0. The molecule has 0 bridgehead atoms. The third kappa shape index (κ3) is 3.43. The number of nitrogens with one attached hydrogen (secondary N) is 1. The molecule has 1 atom stereocenters. The Bertz CT molecular complexity index is 846. The van der Waals surface area contributed by atoms with Gasteiger partial charge in [0.05, 0.1) is 16.5 Å². The molecule has 4 nitrogen and oxygen atoms in total. The number of thioether (sulfide) groups is 1. The van der Waals surface area contributed by atoms with E-state index in [1.807, 2.05) is 24.3 Å². The summed E-state index contributed by atoms with van der Waals surface area (Å²) in [5.41, 5.74) is 1.29. The summed E-state index contributed by atoms with van der Waals surface area (Å²) in [5, 5.41) is 2.99. The highest BCUT2D eigenvalue weighted by atomic mass is 32.2. The first-order valence-corrected chi connectivity index (χ1v) is 10.2. The summed E-state index contributed by atoms with van der Waals surface area (Å²) >= 11 is 1.78. The van der Waals surface area contributed by atoms with Crippen molar-refractivity contribution in [3.05, 3.63) is 59.7 Å². The fourth-order valence-electron chi connectivity index (χ4n) is 2.71. The van der Waals surface area contributed by atoms with Crippen LogP contribution in [0.2, 0.25) is 0 Å². The predicted octanol–water partition coefficient (Wildman–Crippen LogP) is 3.06. The number of hydrogen-bond donors (Lipinski definition) is 1. The predicted molar refractivity (Wildman–Crippen MR) is 91.5 cm³/mol. The number of benzene rings is 2. The van der Waals surface area contributed by atoms with Crippen molar-refractivity contribution >= 4 is 27.5 Å². The van der Waals surface area contributed by atoms with Gasteiger partial charge in [-0.25, -0.2) is 8.42 Å². The summed E-state index contributed by atoms with van der Waals surface area (Å²) in [6.45, 7) is 0. The van der Waals surface area contributed by atoms with Crippen molar-refractivity contribution in [2.75, 3.05) is 12.0 Å². The molecule has 1 aliphatic rings. The van der Waals surface area contributed by atoms with E-state index in [4.69, 9.17) is 0 Å². The smallest absolute Gasteiger partial charge is 0.253 e. The molecule has 2 aromatic rings. The van der Waals surface area contributed by atoms with Crippen molar-refractivity contribution in [2.45, 2.75) is 22.3 Å². The SMILES string of the molecule is CS(=O)(=O)c1ccccc1C(=O)NC1CCSc2ccccc21. The molecular formula is C17H17NO3S2. The first-order chi connectivity index (χ1) is 11.0. The van der Waals surface area contributed by atoms with E-state index in [0.29, 0.717) is 0 Å². The Balaban J connectivity index is 1.90. The van der Waals surface area contributed by atoms with Crippen molar-refractivity contribution in [1.29, 1.82) is 0 Å². The molecule has 1 N–H and O–H groups in total. The van der Waals surface area contributed by atoms with Crippen molar-refractivity contribution in [2.24, 2.45) is 0 Å². The van der Waals surface area contributed by atoms with Crippen LogP contribution in [0.5, 0.6) is 0 Å². The fourth-order valence-corrected chi connectivity index (χ4v) is 4.72. The molecule has 0 saturated carbocycles. The molecule has 1 heterocycles. The van der Waals surface area contributed by atoms with Crippen LogP contribution in [0.3, 0.4) is 0 Å². The second-order valence-corrected chi connectivity index (χ2v) is 8.59. The molecule has 23 heavy (non-hydrogen) atoms. The number of hydrogen-bond acceptors (Lipinski definition) is 4. The van der Waals surface area contributed by atoms with Crippen LogP contribution in [0.15, 0.2) is 58.3 Å². The number of sulfone groups is 1. The van der Waals surface area contributed by atoms with Gasteiger partial charge in [0.15, 0.2) is 9.84 Å². The summed E-state index contributed by atoms with van der Waals surface area (Å²) in [4.78, 5) is 13.8. The molecule has 1 amide bonds. The third-order valence-electron chi connectivity index (χ3n) is 3.80. The number of amides is 1. The minimum absolute atomic E-state index is 0.0657. The highest BCUT2D eigenvalue weighted by Gasteiger charge is 2.24. The zero-order valence-corrected chi connectivity index (χ0v) is 14.3. The number of carbonyl (C=O) groups is 1. The first kappa shape index (κ1) is 16.1. The Morgan fingerprint density at radius 3 is 2.61 bits per heavy atom. The second-order valence-electron chi connectivity index (χ2n) is 5.47. The van der Waals surface area contributed by atoms with Crippen LogP contribution in [0.25, 0.3) is 0 Å². The molecule has 2 aromatic carbocycles. The van der Waals surface area contributed by atoms with Crippen LogP contribution >= 0.6 is 11.8 Å². The Kier molecular flexibility index (Phi) is 4.46. The van der Waals surface area contributed by atoms with Gasteiger partial charge in [0.2, 0.25) is 0 Å².